The summed E-state index contributed by atoms with van der Waals surface area (Å²) < 4.78 is 1.56. The topological polar surface area (TPSA) is 51.0 Å². The van der Waals surface area contributed by atoms with Crippen LogP contribution < -0.4 is 0 Å². The molecule has 1 unspecified atom stereocenters. The van der Waals surface area contributed by atoms with E-state index < -0.39 is 0 Å². The van der Waals surface area contributed by atoms with Gasteiger partial charge in [0.2, 0.25) is 5.91 Å². The third-order valence-electron chi connectivity index (χ3n) is 3.40. The molecule has 0 aliphatic heterocycles. The SMILES string of the molecule is CCC(C)N(Cc1ccccc1)C(=O)Cn1cncn1. The van der Waals surface area contributed by atoms with Gasteiger partial charge in [-0.15, -0.1) is 0 Å². The molecule has 0 saturated heterocycles. The zero-order valence-electron chi connectivity index (χ0n) is 11.9. The van der Waals surface area contributed by atoms with E-state index in [0.29, 0.717) is 6.54 Å². The van der Waals surface area contributed by atoms with Crippen molar-refractivity contribution in [2.45, 2.75) is 39.4 Å². The van der Waals surface area contributed by atoms with E-state index in [-0.39, 0.29) is 18.5 Å². The quantitative estimate of drug-likeness (QED) is 0.809. The van der Waals surface area contributed by atoms with E-state index >= 15 is 0 Å². The Morgan fingerprint density at radius 1 is 1.35 bits per heavy atom. The smallest absolute Gasteiger partial charge is 0.244 e. The van der Waals surface area contributed by atoms with E-state index in [2.05, 4.69) is 23.9 Å². The van der Waals surface area contributed by atoms with Crippen LogP contribution in [0, 0.1) is 0 Å². The Kier molecular flexibility index (Phi) is 4.87. The first-order valence-electron chi connectivity index (χ1n) is 6.86. The van der Waals surface area contributed by atoms with Crippen molar-refractivity contribution in [3.8, 4) is 0 Å². The molecule has 0 N–H and O–H groups in total. The molecule has 0 bridgehead atoms. The number of benzene rings is 1. The molecule has 0 spiro atoms. The molecule has 0 fully saturated rings. The average molecular weight is 272 g/mol. The van der Waals surface area contributed by atoms with E-state index in [1.165, 1.54) is 6.33 Å². The second-order valence-corrected chi connectivity index (χ2v) is 4.86. The molecular formula is C15H20N4O. The number of hydrogen-bond acceptors (Lipinski definition) is 3. The van der Waals surface area contributed by atoms with Crippen molar-refractivity contribution in [1.82, 2.24) is 19.7 Å². The molecule has 20 heavy (non-hydrogen) atoms. The number of carbonyl (C=O) groups is 1. The highest BCUT2D eigenvalue weighted by atomic mass is 16.2. The average Bonchev–Trinajstić information content (AvgIpc) is 2.98. The minimum Gasteiger partial charge on any atom is -0.334 e. The lowest BCUT2D eigenvalue weighted by Gasteiger charge is -2.28. The summed E-state index contributed by atoms with van der Waals surface area (Å²) in [5.41, 5.74) is 1.14. The third-order valence-corrected chi connectivity index (χ3v) is 3.40. The minimum atomic E-state index is 0.0636. The lowest BCUT2D eigenvalue weighted by atomic mass is 10.1. The van der Waals surface area contributed by atoms with Gasteiger partial charge in [0, 0.05) is 12.6 Å². The van der Waals surface area contributed by atoms with Crippen molar-refractivity contribution in [2.24, 2.45) is 0 Å². The molecule has 5 nitrogen and oxygen atoms in total. The molecule has 1 atom stereocenters. The maximum absolute atomic E-state index is 12.5. The number of amides is 1. The largest absolute Gasteiger partial charge is 0.334 e. The highest BCUT2D eigenvalue weighted by Gasteiger charge is 2.19. The zero-order valence-corrected chi connectivity index (χ0v) is 11.9. The number of nitrogens with zero attached hydrogens (tertiary/aromatic N) is 4. The van der Waals surface area contributed by atoms with Crippen LogP contribution in [0.15, 0.2) is 43.0 Å². The molecule has 1 heterocycles. The fourth-order valence-electron chi connectivity index (χ4n) is 2.03. The second-order valence-electron chi connectivity index (χ2n) is 4.86. The molecule has 0 saturated carbocycles. The summed E-state index contributed by atoms with van der Waals surface area (Å²) in [4.78, 5) is 18.2. The Morgan fingerprint density at radius 3 is 2.70 bits per heavy atom. The molecule has 0 radical (unpaired) electrons. The molecule has 2 aromatic rings. The van der Waals surface area contributed by atoms with Gasteiger partial charge in [-0.1, -0.05) is 37.3 Å². The van der Waals surface area contributed by atoms with Gasteiger partial charge in [0.25, 0.3) is 0 Å². The molecule has 5 heteroatoms. The summed E-state index contributed by atoms with van der Waals surface area (Å²) >= 11 is 0. The maximum Gasteiger partial charge on any atom is 0.244 e. The van der Waals surface area contributed by atoms with Crippen LogP contribution in [0.3, 0.4) is 0 Å². The highest BCUT2D eigenvalue weighted by Crippen LogP contribution is 2.11. The highest BCUT2D eigenvalue weighted by molar-refractivity contribution is 5.76. The van der Waals surface area contributed by atoms with Crippen molar-refractivity contribution >= 4 is 5.91 Å². The molecule has 106 valence electrons. The Bertz CT molecular complexity index is 524. The molecule has 1 aromatic heterocycles. The van der Waals surface area contributed by atoms with Gasteiger partial charge in [0.15, 0.2) is 0 Å². The van der Waals surface area contributed by atoms with Crippen LogP contribution in [0.5, 0.6) is 0 Å². The summed E-state index contributed by atoms with van der Waals surface area (Å²) in [6.45, 7) is 5.02. The van der Waals surface area contributed by atoms with Gasteiger partial charge in [-0.2, -0.15) is 5.10 Å². The molecule has 0 aliphatic carbocycles. The molecule has 0 aliphatic rings. The Morgan fingerprint density at radius 2 is 2.10 bits per heavy atom. The number of aromatic nitrogens is 3. The van der Waals surface area contributed by atoms with Crippen molar-refractivity contribution in [3.05, 3.63) is 48.5 Å². The molecule has 2 rings (SSSR count). The number of hydrogen-bond donors (Lipinski definition) is 0. The summed E-state index contributed by atoms with van der Waals surface area (Å²) in [7, 11) is 0. The summed E-state index contributed by atoms with van der Waals surface area (Å²) in [6, 6.07) is 10.2. The Hall–Kier alpha value is -2.17. The van der Waals surface area contributed by atoms with Crippen LogP contribution in [-0.2, 0) is 17.9 Å². The van der Waals surface area contributed by atoms with Crippen molar-refractivity contribution in [1.29, 1.82) is 0 Å². The van der Waals surface area contributed by atoms with E-state index in [1.54, 1.807) is 11.0 Å². The van der Waals surface area contributed by atoms with Crippen molar-refractivity contribution in [2.75, 3.05) is 0 Å². The number of carbonyl (C=O) groups excluding carboxylic acids is 1. The first-order valence-corrected chi connectivity index (χ1v) is 6.86. The minimum absolute atomic E-state index is 0.0636. The predicted octanol–water partition coefficient (Wildman–Crippen LogP) is 2.11. The number of rotatable bonds is 6. The van der Waals surface area contributed by atoms with E-state index in [1.807, 2.05) is 35.2 Å². The van der Waals surface area contributed by atoms with Crippen molar-refractivity contribution in [3.63, 3.8) is 0 Å². The predicted molar refractivity (Wildman–Crippen MR) is 76.8 cm³/mol. The van der Waals surface area contributed by atoms with Gasteiger partial charge in [-0.05, 0) is 18.9 Å². The van der Waals surface area contributed by atoms with Crippen LogP contribution in [-0.4, -0.2) is 31.6 Å². The summed E-state index contributed by atoms with van der Waals surface area (Å²) in [5, 5.41) is 3.99. The zero-order chi connectivity index (χ0) is 14.4. The molecular weight excluding hydrogens is 252 g/mol. The lowest BCUT2D eigenvalue weighted by Crippen LogP contribution is -2.39. The van der Waals surface area contributed by atoms with Crippen LogP contribution in [0.2, 0.25) is 0 Å². The van der Waals surface area contributed by atoms with Gasteiger partial charge in [-0.25, -0.2) is 9.67 Å². The Labute approximate surface area is 119 Å². The first-order chi connectivity index (χ1) is 9.70. The van der Waals surface area contributed by atoms with Gasteiger partial charge in [0.05, 0.1) is 0 Å². The maximum atomic E-state index is 12.5. The first kappa shape index (κ1) is 14.2. The molecule has 1 aromatic carbocycles. The molecule has 1 amide bonds. The monoisotopic (exact) mass is 272 g/mol. The van der Waals surface area contributed by atoms with Crippen LogP contribution in [0.1, 0.15) is 25.8 Å². The van der Waals surface area contributed by atoms with Crippen molar-refractivity contribution < 1.29 is 4.79 Å². The summed E-state index contributed by atoms with van der Waals surface area (Å²) in [6.07, 6.45) is 3.93. The van der Waals surface area contributed by atoms with Gasteiger partial charge in [-0.3, -0.25) is 4.79 Å². The summed E-state index contributed by atoms with van der Waals surface area (Å²) in [5.74, 6) is 0.0636. The second kappa shape index (κ2) is 6.84. The fourth-order valence-corrected chi connectivity index (χ4v) is 2.03. The van der Waals surface area contributed by atoms with E-state index in [4.69, 9.17) is 0 Å². The third kappa shape index (κ3) is 3.66. The van der Waals surface area contributed by atoms with Crippen LogP contribution >= 0.6 is 0 Å². The standard InChI is InChI=1S/C15H20N4O/c1-3-13(2)19(9-14-7-5-4-6-8-14)15(20)10-18-12-16-11-17-18/h4-8,11-13H,3,9-10H2,1-2H3. The van der Waals surface area contributed by atoms with E-state index in [0.717, 1.165) is 12.0 Å². The van der Waals surface area contributed by atoms with E-state index in [9.17, 15) is 4.79 Å². The normalized spacial score (nSPS) is 12.1. The Balaban J connectivity index is 2.09. The fraction of sp³-hybridized carbons (Fsp3) is 0.400. The lowest BCUT2D eigenvalue weighted by molar-refractivity contribution is -0.134. The van der Waals surface area contributed by atoms with Gasteiger partial charge in [0.1, 0.15) is 19.2 Å². The van der Waals surface area contributed by atoms with Gasteiger partial charge >= 0.3 is 0 Å². The van der Waals surface area contributed by atoms with Crippen LogP contribution in [0.25, 0.3) is 0 Å². The van der Waals surface area contributed by atoms with Gasteiger partial charge < -0.3 is 4.90 Å². The van der Waals surface area contributed by atoms with Crippen LogP contribution in [0.4, 0.5) is 0 Å².